The van der Waals surface area contributed by atoms with Crippen molar-refractivity contribution < 1.29 is 19.4 Å². The van der Waals surface area contributed by atoms with Crippen molar-refractivity contribution in [3.05, 3.63) is 29.3 Å². The number of aromatic hydroxyl groups is 1. The molecule has 1 amide bonds. The third kappa shape index (κ3) is 5.52. The minimum Gasteiger partial charge on any atom is -0.507 e. The molecular formula is C18H27NO4. The maximum atomic E-state index is 12.1. The first kappa shape index (κ1) is 17.8. The molecule has 5 nitrogen and oxygen atoms in total. The number of phenols is 1. The molecule has 1 fully saturated rings. The Kier molecular flexibility index (Phi) is 6.86. The van der Waals surface area contributed by atoms with Gasteiger partial charge in [-0.15, -0.1) is 0 Å². The Balaban J connectivity index is 1.66. The zero-order valence-corrected chi connectivity index (χ0v) is 14.0. The number of carbonyl (C=O) groups is 1. The van der Waals surface area contributed by atoms with Crippen LogP contribution in [0.1, 0.15) is 54.9 Å². The summed E-state index contributed by atoms with van der Waals surface area (Å²) in [7, 11) is 0. The Morgan fingerprint density at radius 3 is 2.96 bits per heavy atom. The predicted molar refractivity (Wildman–Crippen MR) is 88.9 cm³/mol. The summed E-state index contributed by atoms with van der Waals surface area (Å²) in [5.74, 6) is 0.0965. The molecule has 1 saturated heterocycles. The van der Waals surface area contributed by atoms with Crippen LogP contribution < -0.4 is 5.32 Å². The van der Waals surface area contributed by atoms with Crippen LogP contribution >= 0.6 is 0 Å². The van der Waals surface area contributed by atoms with E-state index in [4.69, 9.17) is 9.47 Å². The molecule has 0 saturated carbocycles. The van der Waals surface area contributed by atoms with Crippen molar-refractivity contribution in [2.75, 3.05) is 26.4 Å². The van der Waals surface area contributed by atoms with Crippen LogP contribution in [0.4, 0.5) is 0 Å². The number of nitrogens with one attached hydrogen (secondary N) is 1. The number of rotatable bonds is 8. The van der Waals surface area contributed by atoms with E-state index < -0.39 is 0 Å². The predicted octanol–water partition coefficient (Wildman–Crippen LogP) is 2.83. The minimum absolute atomic E-state index is 0.0309. The van der Waals surface area contributed by atoms with Gasteiger partial charge in [0.05, 0.1) is 18.3 Å². The van der Waals surface area contributed by atoms with Gasteiger partial charge < -0.3 is 19.9 Å². The molecular weight excluding hydrogens is 294 g/mol. The molecule has 1 atom stereocenters. The molecule has 1 aliphatic heterocycles. The van der Waals surface area contributed by atoms with E-state index in [1.807, 2.05) is 19.9 Å². The van der Waals surface area contributed by atoms with Crippen molar-refractivity contribution in [2.24, 2.45) is 0 Å². The van der Waals surface area contributed by atoms with Crippen molar-refractivity contribution >= 4 is 5.91 Å². The largest absolute Gasteiger partial charge is 0.507 e. The average molecular weight is 321 g/mol. The van der Waals surface area contributed by atoms with E-state index in [1.165, 1.54) is 0 Å². The summed E-state index contributed by atoms with van der Waals surface area (Å²) in [5.41, 5.74) is 1.33. The van der Waals surface area contributed by atoms with Gasteiger partial charge in [0.2, 0.25) is 0 Å². The lowest BCUT2D eigenvalue weighted by Crippen LogP contribution is -2.25. The van der Waals surface area contributed by atoms with E-state index >= 15 is 0 Å². The highest BCUT2D eigenvalue weighted by atomic mass is 16.5. The van der Waals surface area contributed by atoms with Crippen LogP contribution in [0.2, 0.25) is 0 Å². The Morgan fingerprint density at radius 1 is 1.48 bits per heavy atom. The number of ether oxygens (including phenoxy) is 2. The van der Waals surface area contributed by atoms with Crippen LogP contribution in [0.3, 0.4) is 0 Å². The maximum Gasteiger partial charge on any atom is 0.255 e. The van der Waals surface area contributed by atoms with Crippen LogP contribution in [-0.2, 0) is 9.47 Å². The van der Waals surface area contributed by atoms with Gasteiger partial charge in [-0.3, -0.25) is 4.79 Å². The second kappa shape index (κ2) is 8.89. The topological polar surface area (TPSA) is 67.8 Å². The highest BCUT2D eigenvalue weighted by Gasteiger charge is 2.15. The van der Waals surface area contributed by atoms with Gasteiger partial charge in [0.15, 0.2) is 0 Å². The Labute approximate surface area is 138 Å². The van der Waals surface area contributed by atoms with E-state index in [1.54, 1.807) is 12.1 Å². The molecule has 0 spiro atoms. The van der Waals surface area contributed by atoms with Gasteiger partial charge in [0, 0.05) is 19.8 Å². The minimum atomic E-state index is -0.253. The van der Waals surface area contributed by atoms with Crippen molar-refractivity contribution in [2.45, 2.75) is 45.1 Å². The van der Waals surface area contributed by atoms with Crippen LogP contribution in [0.5, 0.6) is 5.75 Å². The monoisotopic (exact) mass is 321 g/mol. The highest BCUT2D eigenvalue weighted by Crippen LogP contribution is 2.23. The second-order valence-corrected chi connectivity index (χ2v) is 6.25. The summed E-state index contributed by atoms with van der Waals surface area (Å²) in [6.07, 6.45) is 3.16. The molecule has 1 aromatic rings. The standard InChI is InChI=1S/C18H27NO4/c1-13(2)14-6-7-16(17(20)11-14)18(21)19-8-4-9-22-12-15-5-3-10-23-15/h6-7,11,13,15,20H,3-5,8-10,12H2,1-2H3,(H,19,21). The molecule has 0 bridgehead atoms. The molecule has 1 aromatic carbocycles. The van der Waals surface area contributed by atoms with Gasteiger partial charge in [-0.25, -0.2) is 0 Å². The molecule has 23 heavy (non-hydrogen) atoms. The SMILES string of the molecule is CC(C)c1ccc(C(=O)NCCCOCC2CCCO2)c(O)c1. The summed E-state index contributed by atoms with van der Waals surface area (Å²) in [4.78, 5) is 12.1. The first-order valence-electron chi connectivity index (χ1n) is 8.38. The van der Waals surface area contributed by atoms with Gasteiger partial charge in [0.1, 0.15) is 5.75 Å². The maximum absolute atomic E-state index is 12.1. The number of amides is 1. The Hall–Kier alpha value is -1.59. The van der Waals surface area contributed by atoms with Crippen LogP contribution in [0, 0.1) is 0 Å². The number of hydrogen-bond acceptors (Lipinski definition) is 4. The summed E-state index contributed by atoms with van der Waals surface area (Å²) < 4.78 is 11.0. The van der Waals surface area contributed by atoms with Crippen molar-refractivity contribution in [3.63, 3.8) is 0 Å². The van der Waals surface area contributed by atoms with E-state index in [9.17, 15) is 9.90 Å². The smallest absolute Gasteiger partial charge is 0.255 e. The highest BCUT2D eigenvalue weighted by molar-refractivity contribution is 5.96. The summed E-state index contributed by atoms with van der Waals surface area (Å²) in [5, 5.41) is 12.8. The number of benzene rings is 1. The third-order valence-corrected chi connectivity index (χ3v) is 4.01. The zero-order chi connectivity index (χ0) is 16.7. The Morgan fingerprint density at radius 2 is 2.30 bits per heavy atom. The van der Waals surface area contributed by atoms with Crippen molar-refractivity contribution in [1.29, 1.82) is 0 Å². The third-order valence-electron chi connectivity index (χ3n) is 4.01. The fourth-order valence-corrected chi connectivity index (χ4v) is 2.56. The lowest BCUT2D eigenvalue weighted by atomic mass is 10.0. The summed E-state index contributed by atoms with van der Waals surface area (Å²) in [6, 6.07) is 5.21. The summed E-state index contributed by atoms with van der Waals surface area (Å²) in [6.45, 7) is 6.68. The number of phenolic OH excluding ortho intramolecular Hbond substituents is 1. The van der Waals surface area contributed by atoms with Crippen LogP contribution in [-0.4, -0.2) is 43.5 Å². The second-order valence-electron chi connectivity index (χ2n) is 6.25. The molecule has 2 N–H and O–H groups in total. The molecule has 0 aliphatic carbocycles. The van der Waals surface area contributed by atoms with E-state index in [0.717, 1.165) is 31.4 Å². The molecule has 2 rings (SSSR count). The molecule has 1 aliphatic rings. The van der Waals surface area contributed by atoms with Gasteiger partial charge in [-0.2, -0.15) is 0 Å². The van der Waals surface area contributed by atoms with Gasteiger partial charge in [-0.05, 0) is 42.9 Å². The average Bonchev–Trinajstić information content (AvgIpc) is 3.03. The summed E-state index contributed by atoms with van der Waals surface area (Å²) >= 11 is 0. The Bertz CT molecular complexity index is 510. The molecule has 5 heteroatoms. The van der Waals surface area contributed by atoms with Crippen LogP contribution in [0.15, 0.2) is 18.2 Å². The van der Waals surface area contributed by atoms with Gasteiger partial charge in [-0.1, -0.05) is 19.9 Å². The zero-order valence-electron chi connectivity index (χ0n) is 14.0. The lowest BCUT2D eigenvalue weighted by molar-refractivity contribution is 0.0166. The van der Waals surface area contributed by atoms with Crippen molar-refractivity contribution in [1.82, 2.24) is 5.32 Å². The molecule has 1 heterocycles. The van der Waals surface area contributed by atoms with Crippen molar-refractivity contribution in [3.8, 4) is 5.75 Å². The normalized spacial score (nSPS) is 17.6. The number of carbonyl (C=O) groups excluding carboxylic acids is 1. The first-order valence-corrected chi connectivity index (χ1v) is 8.38. The molecule has 128 valence electrons. The fourth-order valence-electron chi connectivity index (χ4n) is 2.56. The number of hydrogen-bond donors (Lipinski definition) is 2. The van der Waals surface area contributed by atoms with Gasteiger partial charge >= 0.3 is 0 Å². The lowest BCUT2D eigenvalue weighted by Gasteiger charge is -2.11. The van der Waals surface area contributed by atoms with E-state index in [0.29, 0.717) is 31.2 Å². The quantitative estimate of drug-likeness (QED) is 0.723. The van der Waals surface area contributed by atoms with E-state index in [-0.39, 0.29) is 17.8 Å². The van der Waals surface area contributed by atoms with E-state index in [2.05, 4.69) is 5.32 Å². The fraction of sp³-hybridized carbons (Fsp3) is 0.611. The first-order chi connectivity index (χ1) is 11.1. The molecule has 0 radical (unpaired) electrons. The van der Waals surface area contributed by atoms with Crippen LogP contribution in [0.25, 0.3) is 0 Å². The molecule has 0 aromatic heterocycles. The van der Waals surface area contributed by atoms with Gasteiger partial charge in [0.25, 0.3) is 5.91 Å². The molecule has 1 unspecified atom stereocenters.